The zero-order chi connectivity index (χ0) is 16.7. The van der Waals surface area contributed by atoms with Crippen molar-refractivity contribution >= 4 is 16.9 Å². The first-order chi connectivity index (χ1) is 11.6. The predicted octanol–water partition coefficient (Wildman–Crippen LogP) is 2.36. The molecule has 0 unspecified atom stereocenters. The van der Waals surface area contributed by atoms with Gasteiger partial charge >= 0.3 is 0 Å². The van der Waals surface area contributed by atoms with Gasteiger partial charge in [0.25, 0.3) is 5.91 Å². The van der Waals surface area contributed by atoms with Crippen LogP contribution in [0.25, 0.3) is 11.0 Å². The number of amides is 1. The van der Waals surface area contributed by atoms with Crippen molar-refractivity contribution in [3.63, 3.8) is 0 Å². The van der Waals surface area contributed by atoms with Crippen LogP contribution in [0.1, 0.15) is 17.5 Å². The van der Waals surface area contributed by atoms with Crippen molar-refractivity contribution in [1.29, 1.82) is 0 Å². The number of ether oxygens (including phenoxy) is 1. The molecular formula is C18H21FN2O3. The van der Waals surface area contributed by atoms with Gasteiger partial charge in [-0.3, -0.25) is 9.69 Å². The number of hydrogen-bond acceptors (Lipinski definition) is 4. The van der Waals surface area contributed by atoms with Crippen LogP contribution in [-0.4, -0.2) is 61.1 Å². The molecule has 6 heteroatoms. The Kier molecular flexibility index (Phi) is 4.02. The highest BCUT2D eigenvalue weighted by molar-refractivity contribution is 5.96. The molecule has 128 valence electrons. The van der Waals surface area contributed by atoms with Crippen molar-refractivity contribution < 1.29 is 18.3 Å². The summed E-state index contributed by atoms with van der Waals surface area (Å²) in [5.74, 6) is 0.0128. The van der Waals surface area contributed by atoms with Gasteiger partial charge in [-0.1, -0.05) is 19.1 Å². The summed E-state index contributed by atoms with van der Waals surface area (Å²) in [6.07, 6.45) is 0. The number of hydrogen-bond donors (Lipinski definition) is 0. The Morgan fingerprint density at radius 3 is 2.79 bits per heavy atom. The van der Waals surface area contributed by atoms with Crippen molar-refractivity contribution in [3.05, 3.63) is 35.8 Å². The third-order valence-electron chi connectivity index (χ3n) is 5.08. The third kappa shape index (κ3) is 2.70. The molecule has 5 nitrogen and oxygen atoms in total. The van der Waals surface area contributed by atoms with Crippen LogP contribution in [-0.2, 0) is 4.74 Å². The molecule has 0 spiro atoms. The van der Waals surface area contributed by atoms with Gasteiger partial charge < -0.3 is 14.1 Å². The van der Waals surface area contributed by atoms with E-state index in [-0.39, 0.29) is 17.3 Å². The first-order valence-corrected chi connectivity index (χ1v) is 8.42. The molecule has 2 aliphatic heterocycles. The van der Waals surface area contributed by atoms with Crippen molar-refractivity contribution in [2.75, 3.05) is 39.4 Å². The number of carbonyl (C=O) groups excluding carboxylic acids is 1. The highest BCUT2D eigenvalue weighted by atomic mass is 19.1. The van der Waals surface area contributed by atoms with Gasteiger partial charge in [-0.2, -0.15) is 0 Å². The van der Waals surface area contributed by atoms with Crippen LogP contribution in [0.5, 0.6) is 0 Å². The lowest BCUT2D eigenvalue weighted by Gasteiger charge is -2.33. The fourth-order valence-electron chi connectivity index (χ4n) is 3.79. The Morgan fingerprint density at radius 2 is 2.04 bits per heavy atom. The highest BCUT2D eigenvalue weighted by Gasteiger charge is 2.37. The van der Waals surface area contributed by atoms with Gasteiger partial charge in [-0.25, -0.2) is 4.39 Å². The molecule has 1 amide bonds. The largest absolute Gasteiger partial charge is 0.448 e. The van der Waals surface area contributed by atoms with Crippen molar-refractivity contribution in [1.82, 2.24) is 9.80 Å². The number of likely N-dealkylation sites (tertiary alicyclic amines) is 1. The number of benzene rings is 1. The molecule has 1 aromatic carbocycles. The number of para-hydroxylation sites is 1. The van der Waals surface area contributed by atoms with Crippen molar-refractivity contribution in [2.45, 2.75) is 13.0 Å². The molecule has 3 heterocycles. The lowest BCUT2D eigenvalue weighted by atomic mass is 10.0. The predicted molar refractivity (Wildman–Crippen MR) is 87.4 cm³/mol. The molecule has 4 rings (SSSR count). The fraction of sp³-hybridized carbons (Fsp3) is 0.500. The van der Waals surface area contributed by atoms with Crippen LogP contribution in [0.15, 0.2) is 28.7 Å². The lowest BCUT2D eigenvalue weighted by molar-refractivity contribution is 0.0119. The van der Waals surface area contributed by atoms with Crippen LogP contribution in [0.2, 0.25) is 0 Å². The number of nitrogens with zero attached hydrogens (tertiary/aromatic N) is 2. The summed E-state index contributed by atoms with van der Waals surface area (Å²) in [7, 11) is 0. The molecule has 2 aliphatic rings. The Labute approximate surface area is 140 Å². The van der Waals surface area contributed by atoms with E-state index in [2.05, 4.69) is 11.8 Å². The minimum absolute atomic E-state index is 0.151. The lowest BCUT2D eigenvalue weighted by Crippen LogP contribution is -2.47. The Morgan fingerprint density at radius 1 is 1.25 bits per heavy atom. The van der Waals surface area contributed by atoms with E-state index in [0.29, 0.717) is 30.4 Å². The quantitative estimate of drug-likeness (QED) is 0.847. The van der Waals surface area contributed by atoms with E-state index in [1.807, 2.05) is 4.90 Å². The number of fused-ring (bicyclic) bond motifs is 1. The molecule has 2 saturated heterocycles. The van der Waals surface area contributed by atoms with Crippen molar-refractivity contribution in [3.8, 4) is 0 Å². The van der Waals surface area contributed by atoms with Gasteiger partial charge in [0, 0.05) is 37.6 Å². The summed E-state index contributed by atoms with van der Waals surface area (Å²) in [5, 5.41) is 0.621. The Balaban J connectivity index is 1.52. The van der Waals surface area contributed by atoms with Gasteiger partial charge in [0.15, 0.2) is 17.2 Å². The average Bonchev–Trinajstić information content (AvgIpc) is 3.20. The monoisotopic (exact) mass is 332 g/mol. The van der Waals surface area contributed by atoms with Crippen LogP contribution in [0, 0.1) is 11.7 Å². The van der Waals surface area contributed by atoms with Crippen LogP contribution >= 0.6 is 0 Å². The van der Waals surface area contributed by atoms with Gasteiger partial charge in [0.05, 0.1) is 13.2 Å². The SMILES string of the molecule is C[C@H]1CN(C(=O)c2cc3cccc(F)c3o2)C[C@H]1N1CCOCC1. The number of carbonyl (C=O) groups is 1. The van der Waals surface area contributed by atoms with Crippen LogP contribution in [0.3, 0.4) is 0 Å². The second kappa shape index (κ2) is 6.18. The smallest absolute Gasteiger partial charge is 0.289 e. The Hall–Kier alpha value is -1.92. The first-order valence-electron chi connectivity index (χ1n) is 8.42. The van der Waals surface area contributed by atoms with Gasteiger partial charge in [-0.05, 0) is 18.1 Å². The van der Waals surface area contributed by atoms with Gasteiger partial charge in [-0.15, -0.1) is 0 Å². The maximum Gasteiger partial charge on any atom is 0.289 e. The van der Waals surface area contributed by atoms with E-state index in [1.54, 1.807) is 18.2 Å². The summed E-state index contributed by atoms with van der Waals surface area (Å²) in [4.78, 5) is 17.0. The van der Waals surface area contributed by atoms with E-state index in [0.717, 1.165) is 26.3 Å². The van der Waals surface area contributed by atoms with Crippen LogP contribution < -0.4 is 0 Å². The van der Waals surface area contributed by atoms with E-state index in [1.165, 1.54) is 6.07 Å². The summed E-state index contributed by atoms with van der Waals surface area (Å²) in [5.41, 5.74) is 0.151. The minimum atomic E-state index is -0.437. The fourth-order valence-corrected chi connectivity index (χ4v) is 3.79. The van der Waals surface area contributed by atoms with E-state index in [9.17, 15) is 9.18 Å². The molecule has 0 N–H and O–H groups in total. The average molecular weight is 332 g/mol. The molecule has 0 saturated carbocycles. The second-order valence-electron chi connectivity index (χ2n) is 6.67. The molecule has 0 radical (unpaired) electrons. The molecule has 1 aromatic heterocycles. The molecule has 2 fully saturated rings. The van der Waals surface area contributed by atoms with Gasteiger partial charge in [0.2, 0.25) is 0 Å². The van der Waals surface area contributed by atoms with Crippen molar-refractivity contribution in [2.24, 2.45) is 5.92 Å². The number of furan rings is 1. The number of rotatable bonds is 2. The maximum atomic E-state index is 13.8. The molecule has 2 atom stereocenters. The summed E-state index contributed by atoms with van der Waals surface area (Å²) in [6, 6.07) is 6.69. The normalized spacial score (nSPS) is 25.5. The molecule has 24 heavy (non-hydrogen) atoms. The van der Waals surface area contributed by atoms with E-state index < -0.39 is 5.82 Å². The number of morpholine rings is 1. The van der Waals surface area contributed by atoms with Crippen LogP contribution in [0.4, 0.5) is 4.39 Å². The molecule has 0 bridgehead atoms. The first kappa shape index (κ1) is 15.6. The maximum absolute atomic E-state index is 13.8. The van der Waals surface area contributed by atoms with E-state index >= 15 is 0 Å². The zero-order valence-electron chi connectivity index (χ0n) is 13.7. The van der Waals surface area contributed by atoms with E-state index in [4.69, 9.17) is 9.15 Å². The number of halogens is 1. The second-order valence-corrected chi connectivity index (χ2v) is 6.67. The highest BCUT2D eigenvalue weighted by Crippen LogP contribution is 2.27. The summed E-state index contributed by atoms with van der Waals surface area (Å²) < 4.78 is 24.7. The van der Waals surface area contributed by atoms with Gasteiger partial charge in [0.1, 0.15) is 0 Å². The minimum Gasteiger partial charge on any atom is -0.448 e. The molecule has 2 aromatic rings. The third-order valence-corrected chi connectivity index (χ3v) is 5.08. The Bertz CT molecular complexity index is 754. The summed E-state index contributed by atoms with van der Waals surface area (Å²) in [6.45, 7) is 6.87. The standard InChI is InChI=1S/C18H21FN2O3/c1-12-10-21(11-15(12)20-5-7-23-8-6-20)18(22)16-9-13-3-2-4-14(19)17(13)24-16/h2-4,9,12,15H,5-8,10-11H2,1H3/t12-,15+/m0/s1. The topological polar surface area (TPSA) is 45.9 Å². The summed E-state index contributed by atoms with van der Waals surface area (Å²) >= 11 is 0. The molecular weight excluding hydrogens is 311 g/mol. The molecule has 0 aliphatic carbocycles. The zero-order valence-corrected chi connectivity index (χ0v) is 13.7.